The molecule has 0 bridgehead atoms. The van der Waals surface area contributed by atoms with Crippen molar-refractivity contribution in [2.24, 2.45) is 0 Å². The molecule has 10 rings (SSSR count). The molecule has 0 amide bonds. The summed E-state index contributed by atoms with van der Waals surface area (Å²) in [6.07, 6.45) is 2.20. The first-order chi connectivity index (χ1) is 23.8. The van der Waals surface area contributed by atoms with E-state index in [4.69, 9.17) is 0 Å². The molecule has 8 aromatic carbocycles. The Morgan fingerprint density at radius 2 is 0.917 bits per heavy atom. The van der Waals surface area contributed by atoms with Crippen molar-refractivity contribution in [1.29, 1.82) is 0 Å². The minimum absolute atomic E-state index is 1.15. The minimum Gasteiger partial charge on any atom is -0.316 e. The molecule has 2 nitrogen and oxygen atoms in total. The standard InChI is InChI=1S/C46H30N2/c1-2-8-31(9-3-1)32-16-21-37(22-17-32)47-29-28-43-44(47)27-26-42-41-12-6-7-13-45(41)48(46(42)43)38-23-18-33(19-24-38)35-20-25-40-36(30-35)15-14-34-10-4-5-11-39(34)40/h1-30H. The molecule has 48 heavy (non-hydrogen) atoms. The first-order valence-electron chi connectivity index (χ1n) is 16.5. The van der Waals surface area contributed by atoms with Gasteiger partial charge in [0, 0.05) is 33.7 Å². The molecule has 0 saturated carbocycles. The van der Waals surface area contributed by atoms with Crippen LogP contribution in [0.1, 0.15) is 0 Å². The Hall–Kier alpha value is -6.38. The molecule has 0 radical (unpaired) electrons. The maximum atomic E-state index is 2.44. The van der Waals surface area contributed by atoms with Crippen molar-refractivity contribution in [1.82, 2.24) is 9.13 Å². The van der Waals surface area contributed by atoms with Crippen LogP contribution in [-0.2, 0) is 0 Å². The molecule has 2 heterocycles. The van der Waals surface area contributed by atoms with Crippen LogP contribution >= 0.6 is 0 Å². The third-order valence-corrected chi connectivity index (χ3v) is 9.96. The predicted octanol–water partition coefficient (Wildman–Crippen LogP) is 12.4. The van der Waals surface area contributed by atoms with Crippen LogP contribution in [0.2, 0.25) is 0 Å². The lowest BCUT2D eigenvalue weighted by Crippen LogP contribution is -1.95. The summed E-state index contributed by atoms with van der Waals surface area (Å²) in [5, 5.41) is 8.90. The predicted molar refractivity (Wildman–Crippen MR) is 203 cm³/mol. The number of rotatable bonds is 4. The van der Waals surface area contributed by atoms with Gasteiger partial charge in [0.25, 0.3) is 0 Å². The van der Waals surface area contributed by atoms with Crippen LogP contribution in [0, 0.1) is 0 Å². The SMILES string of the molecule is c1ccc(-c2ccc(-n3ccc4c3ccc3c5ccccc5n(-c5ccc(-c6ccc7c(ccc8ccccc87)c6)cc5)c34)cc2)cc1. The fourth-order valence-corrected chi connectivity index (χ4v) is 7.61. The summed E-state index contributed by atoms with van der Waals surface area (Å²) in [7, 11) is 0. The highest BCUT2D eigenvalue weighted by Gasteiger charge is 2.17. The first kappa shape index (κ1) is 26.8. The second kappa shape index (κ2) is 10.6. The van der Waals surface area contributed by atoms with Crippen molar-refractivity contribution in [3.05, 3.63) is 182 Å². The van der Waals surface area contributed by atoms with E-state index in [2.05, 4.69) is 191 Å². The van der Waals surface area contributed by atoms with E-state index in [9.17, 15) is 0 Å². The second-order valence-electron chi connectivity index (χ2n) is 12.6. The van der Waals surface area contributed by atoms with Gasteiger partial charge < -0.3 is 9.13 Å². The summed E-state index contributed by atoms with van der Waals surface area (Å²) in [4.78, 5) is 0. The van der Waals surface area contributed by atoms with Gasteiger partial charge in [0.2, 0.25) is 0 Å². The normalized spacial score (nSPS) is 11.8. The molecule has 2 heteroatoms. The van der Waals surface area contributed by atoms with Crippen molar-refractivity contribution in [3.63, 3.8) is 0 Å². The van der Waals surface area contributed by atoms with E-state index in [1.807, 2.05) is 0 Å². The van der Waals surface area contributed by atoms with Crippen LogP contribution in [0.25, 0.3) is 87.9 Å². The largest absolute Gasteiger partial charge is 0.316 e. The molecule has 0 aliphatic carbocycles. The molecule has 0 N–H and O–H groups in total. The lowest BCUT2D eigenvalue weighted by atomic mass is 9.97. The Morgan fingerprint density at radius 3 is 1.75 bits per heavy atom. The number of benzene rings is 8. The zero-order valence-electron chi connectivity index (χ0n) is 26.2. The van der Waals surface area contributed by atoms with Gasteiger partial charge in [0.1, 0.15) is 0 Å². The summed E-state index contributed by atoms with van der Waals surface area (Å²) in [6, 6.07) is 64.0. The Morgan fingerprint density at radius 1 is 0.312 bits per heavy atom. The highest BCUT2D eigenvalue weighted by Crippen LogP contribution is 2.38. The Labute approximate surface area is 278 Å². The molecule has 0 unspecified atom stereocenters. The Balaban J connectivity index is 1.09. The molecule has 224 valence electrons. The number of nitrogens with zero attached hydrogens (tertiary/aromatic N) is 2. The quantitative estimate of drug-likeness (QED) is 0.175. The molecular weight excluding hydrogens is 581 g/mol. The van der Waals surface area contributed by atoms with Crippen LogP contribution in [0.4, 0.5) is 0 Å². The molecule has 0 saturated heterocycles. The lowest BCUT2D eigenvalue weighted by molar-refractivity contribution is 1.13. The van der Waals surface area contributed by atoms with Gasteiger partial charge in [0.15, 0.2) is 0 Å². The van der Waals surface area contributed by atoms with E-state index < -0.39 is 0 Å². The van der Waals surface area contributed by atoms with E-state index in [0.717, 1.165) is 11.4 Å². The Bertz CT molecular complexity index is 2800. The fraction of sp³-hybridized carbons (Fsp3) is 0. The first-order valence-corrected chi connectivity index (χ1v) is 16.5. The topological polar surface area (TPSA) is 9.86 Å². The molecule has 0 aliphatic rings. The molecule has 0 aliphatic heterocycles. The zero-order chi connectivity index (χ0) is 31.6. The van der Waals surface area contributed by atoms with Crippen LogP contribution in [0.15, 0.2) is 182 Å². The lowest BCUT2D eigenvalue weighted by Gasteiger charge is -2.12. The third-order valence-electron chi connectivity index (χ3n) is 9.96. The van der Waals surface area contributed by atoms with Crippen molar-refractivity contribution in [2.75, 3.05) is 0 Å². The van der Waals surface area contributed by atoms with Gasteiger partial charge in [-0.3, -0.25) is 0 Å². The molecule has 0 spiro atoms. The average Bonchev–Trinajstić information content (AvgIpc) is 3.75. The number of hydrogen-bond donors (Lipinski definition) is 0. The van der Waals surface area contributed by atoms with Gasteiger partial charge in [-0.2, -0.15) is 0 Å². The van der Waals surface area contributed by atoms with Crippen LogP contribution in [-0.4, -0.2) is 9.13 Å². The van der Waals surface area contributed by atoms with E-state index in [1.165, 1.54) is 76.5 Å². The summed E-state index contributed by atoms with van der Waals surface area (Å²) in [5.41, 5.74) is 10.8. The summed E-state index contributed by atoms with van der Waals surface area (Å²) < 4.78 is 4.74. The van der Waals surface area contributed by atoms with Gasteiger partial charge in [-0.15, -0.1) is 0 Å². The van der Waals surface area contributed by atoms with Crippen molar-refractivity contribution >= 4 is 54.3 Å². The van der Waals surface area contributed by atoms with Crippen molar-refractivity contribution in [3.8, 4) is 33.6 Å². The molecular formula is C46H30N2. The third kappa shape index (κ3) is 4.13. The van der Waals surface area contributed by atoms with Gasteiger partial charge in [-0.1, -0.05) is 127 Å². The number of para-hydroxylation sites is 1. The fourth-order valence-electron chi connectivity index (χ4n) is 7.61. The molecule has 2 aromatic heterocycles. The molecule has 0 fully saturated rings. The summed E-state index contributed by atoms with van der Waals surface area (Å²) in [6.45, 7) is 0. The van der Waals surface area contributed by atoms with Crippen LogP contribution in [0.3, 0.4) is 0 Å². The summed E-state index contributed by atoms with van der Waals surface area (Å²) in [5.74, 6) is 0. The van der Waals surface area contributed by atoms with Gasteiger partial charge in [0.05, 0.1) is 16.6 Å². The smallest absolute Gasteiger partial charge is 0.0635 e. The Kier molecular flexibility index (Phi) is 5.91. The van der Waals surface area contributed by atoms with Gasteiger partial charge >= 0.3 is 0 Å². The monoisotopic (exact) mass is 610 g/mol. The van der Waals surface area contributed by atoms with E-state index in [0.29, 0.717) is 0 Å². The van der Waals surface area contributed by atoms with Crippen LogP contribution < -0.4 is 0 Å². The molecule has 0 atom stereocenters. The number of aromatic nitrogens is 2. The second-order valence-corrected chi connectivity index (χ2v) is 12.6. The average molecular weight is 611 g/mol. The van der Waals surface area contributed by atoms with E-state index in [-0.39, 0.29) is 0 Å². The van der Waals surface area contributed by atoms with Gasteiger partial charge in [-0.05, 0) is 92.3 Å². The van der Waals surface area contributed by atoms with Crippen molar-refractivity contribution in [2.45, 2.75) is 0 Å². The van der Waals surface area contributed by atoms with Crippen LogP contribution in [0.5, 0.6) is 0 Å². The number of hydrogen-bond acceptors (Lipinski definition) is 0. The maximum Gasteiger partial charge on any atom is 0.0635 e. The van der Waals surface area contributed by atoms with E-state index in [1.54, 1.807) is 0 Å². The van der Waals surface area contributed by atoms with E-state index >= 15 is 0 Å². The molecule has 10 aromatic rings. The highest BCUT2D eigenvalue weighted by molar-refractivity contribution is 6.18. The highest BCUT2D eigenvalue weighted by atomic mass is 15.0. The number of fused-ring (bicyclic) bond motifs is 8. The summed E-state index contributed by atoms with van der Waals surface area (Å²) >= 11 is 0. The van der Waals surface area contributed by atoms with Crippen molar-refractivity contribution < 1.29 is 0 Å². The van der Waals surface area contributed by atoms with Gasteiger partial charge in [-0.25, -0.2) is 0 Å². The maximum absolute atomic E-state index is 2.44. The zero-order valence-corrected chi connectivity index (χ0v) is 26.2. The minimum atomic E-state index is 1.15.